The van der Waals surface area contributed by atoms with Gasteiger partial charge in [0.2, 0.25) is 0 Å². The maximum atomic E-state index is 11.3. The van der Waals surface area contributed by atoms with Gasteiger partial charge in [0.05, 0.1) is 0 Å². The second kappa shape index (κ2) is 6.09. The molecule has 0 aromatic carbocycles. The van der Waals surface area contributed by atoms with Crippen LogP contribution in [0, 0.1) is 0 Å². The maximum absolute atomic E-state index is 11.3. The molecular weight excluding hydrogens is 204 g/mol. The lowest BCUT2D eigenvalue weighted by molar-refractivity contribution is 0.0525. The molecule has 0 aliphatic carbocycles. The van der Waals surface area contributed by atoms with E-state index in [1.54, 1.807) is 0 Å². The fraction of sp³-hybridized carbons (Fsp3) is 0.917. The predicted molar refractivity (Wildman–Crippen MR) is 64.5 cm³/mol. The first kappa shape index (κ1) is 13.3. The number of carbonyl (C=O) groups is 1. The summed E-state index contributed by atoms with van der Waals surface area (Å²) in [4.78, 5) is 11.3. The number of hydrogen-bond donors (Lipinski definition) is 2. The van der Waals surface area contributed by atoms with Crippen molar-refractivity contribution in [3.05, 3.63) is 0 Å². The second-order valence-electron chi connectivity index (χ2n) is 5.36. The van der Waals surface area contributed by atoms with Crippen molar-refractivity contribution < 1.29 is 9.53 Å². The van der Waals surface area contributed by atoms with Crippen LogP contribution in [0.5, 0.6) is 0 Å². The molecule has 1 amide bonds. The Morgan fingerprint density at radius 3 is 2.75 bits per heavy atom. The van der Waals surface area contributed by atoms with Gasteiger partial charge >= 0.3 is 6.09 Å². The van der Waals surface area contributed by atoms with Crippen LogP contribution in [0.3, 0.4) is 0 Å². The van der Waals surface area contributed by atoms with E-state index < -0.39 is 5.60 Å². The van der Waals surface area contributed by atoms with Gasteiger partial charge in [-0.1, -0.05) is 6.42 Å². The van der Waals surface area contributed by atoms with Crippen molar-refractivity contribution in [1.29, 1.82) is 0 Å². The van der Waals surface area contributed by atoms with Crippen molar-refractivity contribution >= 4 is 6.09 Å². The first-order valence-electron chi connectivity index (χ1n) is 6.17. The molecule has 0 saturated carbocycles. The van der Waals surface area contributed by atoms with E-state index in [0.29, 0.717) is 12.6 Å². The van der Waals surface area contributed by atoms with E-state index in [2.05, 4.69) is 10.6 Å². The molecule has 16 heavy (non-hydrogen) atoms. The van der Waals surface area contributed by atoms with Crippen molar-refractivity contribution in [1.82, 2.24) is 10.6 Å². The summed E-state index contributed by atoms with van der Waals surface area (Å²) in [5, 5.41) is 6.23. The molecule has 1 saturated heterocycles. The van der Waals surface area contributed by atoms with E-state index in [4.69, 9.17) is 4.74 Å². The van der Waals surface area contributed by atoms with Crippen LogP contribution in [0.4, 0.5) is 4.79 Å². The Hall–Kier alpha value is -0.770. The van der Waals surface area contributed by atoms with Crippen LogP contribution in [-0.2, 0) is 4.74 Å². The zero-order valence-electron chi connectivity index (χ0n) is 10.6. The molecule has 1 fully saturated rings. The van der Waals surface area contributed by atoms with Crippen LogP contribution in [-0.4, -0.2) is 30.8 Å². The largest absolute Gasteiger partial charge is 0.444 e. The zero-order chi connectivity index (χ0) is 12.0. The highest BCUT2D eigenvalue weighted by Gasteiger charge is 2.16. The molecule has 0 bridgehead atoms. The van der Waals surface area contributed by atoms with Crippen molar-refractivity contribution in [3.63, 3.8) is 0 Å². The Bertz CT molecular complexity index is 218. The van der Waals surface area contributed by atoms with Crippen molar-refractivity contribution in [2.24, 2.45) is 0 Å². The number of carbonyl (C=O) groups excluding carboxylic acids is 1. The van der Waals surface area contributed by atoms with Gasteiger partial charge in [-0.15, -0.1) is 0 Å². The third-order valence-electron chi connectivity index (χ3n) is 2.57. The van der Waals surface area contributed by atoms with Gasteiger partial charge < -0.3 is 15.4 Å². The molecule has 1 rings (SSSR count). The predicted octanol–water partition coefficient (Wildman–Crippen LogP) is 2.04. The summed E-state index contributed by atoms with van der Waals surface area (Å²) < 4.78 is 5.16. The average Bonchev–Trinajstić information content (AvgIpc) is 2.16. The molecule has 4 heteroatoms. The van der Waals surface area contributed by atoms with Crippen LogP contribution in [0.2, 0.25) is 0 Å². The van der Waals surface area contributed by atoms with Crippen LogP contribution in [0.1, 0.15) is 46.5 Å². The molecule has 0 unspecified atom stereocenters. The summed E-state index contributed by atoms with van der Waals surface area (Å²) in [5.41, 5.74) is -0.410. The Labute approximate surface area is 98.1 Å². The molecule has 0 radical (unpaired) electrons. The van der Waals surface area contributed by atoms with Gasteiger partial charge in [-0.3, -0.25) is 0 Å². The Morgan fingerprint density at radius 2 is 2.19 bits per heavy atom. The van der Waals surface area contributed by atoms with E-state index in [-0.39, 0.29) is 6.09 Å². The summed E-state index contributed by atoms with van der Waals surface area (Å²) in [6, 6.07) is 0.559. The molecular formula is C12H24N2O2. The molecule has 2 N–H and O–H groups in total. The molecule has 0 aromatic heterocycles. The molecule has 0 spiro atoms. The summed E-state index contributed by atoms with van der Waals surface area (Å²) in [6.45, 7) is 7.41. The van der Waals surface area contributed by atoms with E-state index in [1.165, 1.54) is 19.3 Å². The summed E-state index contributed by atoms with van der Waals surface area (Å²) in [6.07, 6.45) is 4.46. The molecule has 1 aliphatic rings. The van der Waals surface area contributed by atoms with Gasteiger partial charge in [-0.25, -0.2) is 4.79 Å². The minimum absolute atomic E-state index is 0.316. The average molecular weight is 228 g/mol. The molecule has 1 atom stereocenters. The van der Waals surface area contributed by atoms with Crippen LogP contribution < -0.4 is 10.6 Å². The highest BCUT2D eigenvalue weighted by Crippen LogP contribution is 2.10. The highest BCUT2D eigenvalue weighted by molar-refractivity contribution is 5.67. The smallest absolute Gasteiger partial charge is 0.407 e. The summed E-state index contributed by atoms with van der Waals surface area (Å²) in [5.74, 6) is 0. The maximum Gasteiger partial charge on any atom is 0.407 e. The fourth-order valence-electron chi connectivity index (χ4n) is 1.83. The number of rotatable bonds is 3. The van der Waals surface area contributed by atoms with Crippen LogP contribution >= 0.6 is 0 Å². The molecule has 1 aliphatic heterocycles. The zero-order valence-corrected chi connectivity index (χ0v) is 10.6. The number of hydrogen-bond acceptors (Lipinski definition) is 3. The standard InChI is InChI=1S/C12H24N2O2/c1-12(2,3)16-11(15)14-9-7-10-6-4-5-8-13-10/h10,13H,4-9H2,1-3H3,(H,14,15)/t10-/m1/s1. The van der Waals surface area contributed by atoms with E-state index in [9.17, 15) is 4.79 Å². The number of ether oxygens (including phenoxy) is 1. The minimum Gasteiger partial charge on any atom is -0.444 e. The Kier molecular flexibility index (Phi) is 5.06. The van der Waals surface area contributed by atoms with E-state index in [0.717, 1.165) is 13.0 Å². The van der Waals surface area contributed by atoms with Gasteiger partial charge in [-0.05, 0) is 46.6 Å². The van der Waals surface area contributed by atoms with Gasteiger partial charge in [0.1, 0.15) is 5.60 Å². The minimum atomic E-state index is -0.410. The number of piperidine rings is 1. The van der Waals surface area contributed by atoms with Crippen LogP contribution in [0.15, 0.2) is 0 Å². The molecule has 0 aromatic rings. The first-order chi connectivity index (χ1) is 7.47. The monoisotopic (exact) mass is 228 g/mol. The molecule has 4 nitrogen and oxygen atoms in total. The van der Waals surface area contributed by atoms with Crippen molar-refractivity contribution in [2.75, 3.05) is 13.1 Å². The van der Waals surface area contributed by atoms with Crippen LogP contribution in [0.25, 0.3) is 0 Å². The molecule has 1 heterocycles. The van der Waals surface area contributed by atoms with Crippen molar-refractivity contribution in [2.45, 2.75) is 58.1 Å². The quantitative estimate of drug-likeness (QED) is 0.777. The van der Waals surface area contributed by atoms with E-state index in [1.807, 2.05) is 20.8 Å². The first-order valence-corrected chi connectivity index (χ1v) is 6.17. The highest BCUT2D eigenvalue weighted by atomic mass is 16.6. The van der Waals surface area contributed by atoms with Gasteiger partial charge in [0, 0.05) is 12.6 Å². The third kappa shape index (κ3) is 5.95. The summed E-state index contributed by atoms with van der Waals surface area (Å²) >= 11 is 0. The normalized spacial score (nSPS) is 21.6. The number of alkyl carbamates (subject to hydrolysis) is 1. The summed E-state index contributed by atoms with van der Waals surface area (Å²) in [7, 11) is 0. The second-order valence-corrected chi connectivity index (χ2v) is 5.36. The van der Waals surface area contributed by atoms with Gasteiger partial charge in [-0.2, -0.15) is 0 Å². The van der Waals surface area contributed by atoms with Crippen molar-refractivity contribution in [3.8, 4) is 0 Å². The third-order valence-corrected chi connectivity index (χ3v) is 2.57. The molecule has 94 valence electrons. The lowest BCUT2D eigenvalue weighted by Gasteiger charge is -2.24. The number of amides is 1. The Balaban J connectivity index is 2.08. The lowest BCUT2D eigenvalue weighted by atomic mass is 10.0. The van der Waals surface area contributed by atoms with Gasteiger partial charge in [0.15, 0.2) is 0 Å². The van der Waals surface area contributed by atoms with Gasteiger partial charge in [0.25, 0.3) is 0 Å². The van der Waals surface area contributed by atoms with E-state index >= 15 is 0 Å². The number of nitrogens with one attached hydrogen (secondary N) is 2. The topological polar surface area (TPSA) is 50.4 Å². The lowest BCUT2D eigenvalue weighted by Crippen LogP contribution is -2.38. The SMILES string of the molecule is CC(C)(C)OC(=O)NCC[C@H]1CCCCN1. The fourth-order valence-corrected chi connectivity index (χ4v) is 1.83. The Morgan fingerprint density at radius 1 is 1.44 bits per heavy atom.